The molecule has 2 aliphatic heterocycles. The van der Waals surface area contributed by atoms with E-state index in [0.29, 0.717) is 42.6 Å². The highest BCUT2D eigenvalue weighted by Gasteiger charge is 2.33. The van der Waals surface area contributed by atoms with Crippen LogP contribution < -0.4 is 15.5 Å². The van der Waals surface area contributed by atoms with Crippen molar-refractivity contribution in [1.82, 2.24) is 19.4 Å². The first-order chi connectivity index (χ1) is 20.9. The van der Waals surface area contributed by atoms with Crippen LogP contribution in [0.4, 0.5) is 26.0 Å². The molecule has 3 N–H and O–H groups in total. The van der Waals surface area contributed by atoms with E-state index in [-0.39, 0.29) is 36.8 Å². The number of rotatable bonds is 10. The van der Waals surface area contributed by atoms with Crippen molar-refractivity contribution >= 4 is 39.0 Å². The maximum atomic E-state index is 13.8. The van der Waals surface area contributed by atoms with E-state index in [9.17, 15) is 26.8 Å². The summed E-state index contributed by atoms with van der Waals surface area (Å²) < 4.78 is 60.7. The molecule has 1 saturated heterocycles. The third-order valence-corrected chi connectivity index (χ3v) is 9.48. The Morgan fingerprint density at radius 1 is 1.09 bits per heavy atom. The smallest absolute Gasteiger partial charge is 0.258 e. The zero-order valence-corrected chi connectivity index (χ0v) is 25.5. The molecule has 15 heteroatoms. The number of ether oxygens (including phenoxy) is 1. The van der Waals surface area contributed by atoms with E-state index >= 15 is 0 Å². The number of likely N-dealkylation sites (N-methyl/N-ethyl adjacent to an activating group) is 2. The van der Waals surface area contributed by atoms with Gasteiger partial charge in [0.1, 0.15) is 17.7 Å². The summed E-state index contributed by atoms with van der Waals surface area (Å²) in [6.45, 7) is 1.86. The van der Waals surface area contributed by atoms with Crippen molar-refractivity contribution in [3.05, 3.63) is 64.9 Å². The predicted molar refractivity (Wildman–Crippen MR) is 160 cm³/mol. The number of fused-ring (bicyclic) bond motifs is 1. The van der Waals surface area contributed by atoms with E-state index in [0.717, 1.165) is 35.1 Å². The summed E-state index contributed by atoms with van der Waals surface area (Å²) in [5.41, 5.74) is 2.31. The third-order valence-electron chi connectivity index (χ3n) is 7.66. The second-order valence-corrected chi connectivity index (χ2v) is 13.1. The Hall–Kier alpha value is -3.92. The molecule has 0 unspecified atom stereocenters. The molecule has 3 aromatic rings. The fourth-order valence-electron chi connectivity index (χ4n) is 5.13. The number of hydrogen-bond donors (Lipinski definition) is 3. The van der Waals surface area contributed by atoms with Gasteiger partial charge >= 0.3 is 0 Å². The minimum atomic E-state index is -4.24. The molecule has 2 aliphatic rings. The van der Waals surface area contributed by atoms with Crippen LogP contribution in [0.2, 0.25) is 0 Å². The average Bonchev–Trinajstić information content (AvgIpc) is 3.66. The Kier molecular flexibility index (Phi) is 9.29. The first-order valence-corrected chi connectivity index (χ1v) is 15.6. The lowest BCUT2D eigenvalue weighted by atomic mass is 10.1. The third kappa shape index (κ3) is 6.90. The van der Waals surface area contributed by atoms with Crippen LogP contribution in [0.25, 0.3) is 0 Å². The van der Waals surface area contributed by atoms with Crippen LogP contribution in [0.1, 0.15) is 34.5 Å². The molecule has 236 valence electrons. The van der Waals surface area contributed by atoms with Gasteiger partial charge in [-0.25, -0.2) is 17.2 Å². The van der Waals surface area contributed by atoms with E-state index in [1.54, 1.807) is 18.2 Å². The Morgan fingerprint density at radius 3 is 2.52 bits per heavy atom. The van der Waals surface area contributed by atoms with Gasteiger partial charge in [0.15, 0.2) is 5.82 Å². The van der Waals surface area contributed by atoms with E-state index in [4.69, 9.17) is 4.74 Å². The standard InChI is InChI=1S/C29H35F2N7O5S/c1-36(2)10-11-37(3)20-6-7-22(25(16-20)32-29(40)26-5-4-12-43-26)28(39)33-27-23-17-38(9-8-24(23)34-35-27)44(41,42)21-14-18(30)13-19(31)15-21/h6-7,13-16,26H,4-5,8-12,17H2,1-3H3,(H,32,40)(H2,33,34,35,39)/t26-/m1/s1. The number of anilines is 3. The largest absolute Gasteiger partial charge is 0.373 e. The second-order valence-electron chi connectivity index (χ2n) is 11.1. The first-order valence-electron chi connectivity index (χ1n) is 14.2. The Labute approximate surface area is 254 Å². The second kappa shape index (κ2) is 13.0. The fraction of sp³-hybridized carbons (Fsp3) is 0.414. The number of benzene rings is 2. The van der Waals surface area contributed by atoms with Gasteiger partial charge in [0, 0.05) is 69.3 Å². The highest BCUT2D eigenvalue weighted by molar-refractivity contribution is 7.89. The lowest BCUT2D eigenvalue weighted by Gasteiger charge is -2.26. The van der Waals surface area contributed by atoms with Gasteiger partial charge in [0.2, 0.25) is 10.0 Å². The minimum Gasteiger partial charge on any atom is -0.373 e. The first kappa shape index (κ1) is 31.5. The van der Waals surface area contributed by atoms with Crippen molar-refractivity contribution in [2.75, 3.05) is 62.9 Å². The van der Waals surface area contributed by atoms with Gasteiger partial charge in [-0.1, -0.05) is 0 Å². The predicted octanol–water partition coefficient (Wildman–Crippen LogP) is 2.80. The highest BCUT2D eigenvalue weighted by atomic mass is 32.2. The van der Waals surface area contributed by atoms with E-state index < -0.39 is 38.6 Å². The summed E-state index contributed by atoms with van der Waals surface area (Å²) in [6.07, 6.45) is 0.978. The zero-order chi connectivity index (χ0) is 31.6. The van der Waals surface area contributed by atoms with Crippen LogP contribution in [0.15, 0.2) is 41.3 Å². The number of halogens is 2. The lowest BCUT2D eigenvalue weighted by Crippen LogP contribution is -2.36. The summed E-state index contributed by atoms with van der Waals surface area (Å²) in [5.74, 6) is -2.82. The van der Waals surface area contributed by atoms with Crippen LogP contribution >= 0.6 is 0 Å². The van der Waals surface area contributed by atoms with Gasteiger partial charge in [-0.2, -0.15) is 9.40 Å². The van der Waals surface area contributed by atoms with Crippen molar-refractivity contribution in [2.45, 2.75) is 36.8 Å². The van der Waals surface area contributed by atoms with Crippen molar-refractivity contribution in [1.29, 1.82) is 0 Å². The maximum Gasteiger partial charge on any atom is 0.258 e. The minimum absolute atomic E-state index is 0.0469. The number of sulfonamides is 1. The number of nitrogens with one attached hydrogen (secondary N) is 3. The molecule has 3 heterocycles. The van der Waals surface area contributed by atoms with Gasteiger partial charge in [0.25, 0.3) is 11.8 Å². The molecule has 0 spiro atoms. The van der Waals surface area contributed by atoms with Gasteiger partial charge in [0.05, 0.1) is 16.1 Å². The summed E-state index contributed by atoms with van der Waals surface area (Å²) in [6, 6.07) is 7.24. The van der Waals surface area contributed by atoms with Crippen molar-refractivity contribution in [3.8, 4) is 0 Å². The van der Waals surface area contributed by atoms with Gasteiger partial charge < -0.3 is 25.2 Å². The Balaban J connectivity index is 1.39. The van der Waals surface area contributed by atoms with Crippen LogP contribution in [0, 0.1) is 11.6 Å². The topological polar surface area (TPSA) is 140 Å². The monoisotopic (exact) mass is 631 g/mol. The SMILES string of the molecule is CN(C)CCN(C)c1ccc(C(=O)Nc2n[nH]c3c2CN(S(=O)(=O)c2cc(F)cc(F)c2)CC3)c(NC(=O)[C@H]2CCCO2)c1. The summed E-state index contributed by atoms with van der Waals surface area (Å²) in [4.78, 5) is 30.1. The van der Waals surface area contributed by atoms with E-state index in [2.05, 4.69) is 20.8 Å². The number of aromatic amines is 1. The molecule has 0 aliphatic carbocycles. The van der Waals surface area contributed by atoms with Crippen LogP contribution in [-0.4, -0.2) is 93.1 Å². The Bertz CT molecular complexity index is 1640. The molecule has 44 heavy (non-hydrogen) atoms. The molecule has 5 rings (SSSR count). The van der Waals surface area contributed by atoms with Crippen LogP contribution in [-0.2, 0) is 32.5 Å². The summed E-state index contributed by atoms with van der Waals surface area (Å²) in [7, 11) is 1.61. The summed E-state index contributed by atoms with van der Waals surface area (Å²) >= 11 is 0. The molecular weight excluding hydrogens is 596 g/mol. The molecule has 1 atom stereocenters. The fourth-order valence-corrected chi connectivity index (χ4v) is 6.58. The number of hydrogen-bond acceptors (Lipinski definition) is 8. The molecular formula is C29H35F2N7O5S. The number of carbonyl (C=O) groups is 2. The lowest BCUT2D eigenvalue weighted by molar-refractivity contribution is -0.124. The van der Waals surface area contributed by atoms with Crippen LogP contribution in [0.3, 0.4) is 0 Å². The molecule has 1 fully saturated rings. The van der Waals surface area contributed by atoms with Gasteiger partial charge in [-0.3, -0.25) is 14.7 Å². The molecule has 0 radical (unpaired) electrons. The van der Waals surface area contributed by atoms with Crippen molar-refractivity contribution < 1.29 is 31.5 Å². The van der Waals surface area contributed by atoms with E-state index in [1.807, 2.05) is 30.9 Å². The normalized spacial score (nSPS) is 17.0. The number of amides is 2. The number of H-pyrrole nitrogens is 1. The van der Waals surface area contributed by atoms with Gasteiger partial charge in [-0.05, 0) is 57.3 Å². The zero-order valence-electron chi connectivity index (χ0n) is 24.7. The molecule has 0 bridgehead atoms. The molecule has 1 aromatic heterocycles. The van der Waals surface area contributed by atoms with Gasteiger partial charge in [-0.15, -0.1) is 0 Å². The molecule has 0 saturated carbocycles. The average molecular weight is 632 g/mol. The Morgan fingerprint density at radius 2 is 1.84 bits per heavy atom. The summed E-state index contributed by atoms with van der Waals surface area (Å²) in [5, 5.41) is 12.6. The molecule has 2 aromatic carbocycles. The molecule has 12 nitrogen and oxygen atoms in total. The van der Waals surface area contributed by atoms with Crippen molar-refractivity contribution in [3.63, 3.8) is 0 Å². The number of nitrogens with zero attached hydrogens (tertiary/aromatic N) is 4. The van der Waals surface area contributed by atoms with Crippen molar-refractivity contribution in [2.24, 2.45) is 0 Å². The van der Waals surface area contributed by atoms with E-state index in [1.165, 1.54) is 0 Å². The maximum absolute atomic E-state index is 13.8. The van der Waals surface area contributed by atoms with Crippen LogP contribution in [0.5, 0.6) is 0 Å². The quantitative estimate of drug-likeness (QED) is 0.311. The number of carbonyl (C=O) groups excluding carboxylic acids is 2. The highest BCUT2D eigenvalue weighted by Crippen LogP contribution is 2.30. The molecule has 2 amide bonds. The number of aromatic nitrogens is 2.